The third-order valence-corrected chi connectivity index (χ3v) is 3.13. The number of quaternary nitrogens is 1. The van der Waals surface area contributed by atoms with E-state index in [9.17, 15) is 0 Å². The van der Waals surface area contributed by atoms with Crippen LogP contribution in [0.4, 0.5) is 0 Å². The number of halogens is 1. The van der Waals surface area contributed by atoms with E-state index in [0.29, 0.717) is 18.7 Å². The molecule has 4 heteroatoms. The smallest absolute Gasteiger partial charge is 0.110 e. The maximum Gasteiger partial charge on any atom is 0.110 e. The molecule has 1 saturated heterocycles. The highest BCUT2D eigenvalue weighted by molar-refractivity contribution is 5.13. The van der Waals surface area contributed by atoms with Crippen LogP contribution in [0.15, 0.2) is 30.3 Å². The fourth-order valence-electron chi connectivity index (χ4n) is 2.20. The number of aliphatic hydroxyl groups excluding tert-OH is 1. The van der Waals surface area contributed by atoms with Gasteiger partial charge in [0.2, 0.25) is 0 Å². The van der Waals surface area contributed by atoms with Crippen LogP contribution in [-0.2, 0) is 11.3 Å². The molecule has 96 valence electrons. The van der Waals surface area contributed by atoms with E-state index in [1.165, 1.54) is 5.56 Å². The molecular weight excluding hydrogens is 238 g/mol. The number of ether oxygens (including phenoxy) is 1. The summed E-state index contributed by atoms with van der Waals surface area (Å²) in [6.07, 6.45) is 2.26. The standard InChI is InChI=1S/C13H19NO2.ClH/c15-8-12-6-7-13(14-12)10-16-9-11-4-2-1-3-5-11;/h1-5,12-15H,6-10H2;1H/t12-,13+;/m0./s1. The largest absolute Gasteiger partial charge is 1.00 e. The Morgan fingerprint density at radius 2 is 1.88 bits per heavy atom. The molecule has 1 fully saturated rings. The number of aliphatic hydroxyl groups is 1. The van der Waals surface area contributed by atoms with E-state index < -0.39 is 0 Å². The first-order valence-electron chi connectivity index (χ1n) is 5.96. The third kappa shape index (κ3) is 4.64. The molecule has 1 heterocycles. The molecule has 17 heavy (non-hydrogen) atoms. The average molecular weight is 258 g/mol. The van der Waals surface area contributed by atoms with Gasteiger partial charge in [-0.2, -0.15) is 0 Å². The second kappa shape index (κ2) is 7.67. The molecular formula is C13H20ClNO2. The number of hydrogen-bond acceptors (Lipinski definition) is 2. The summed E-state index contributed by atoms with van der Waals surface area (Å²) < 4.78 is 5.68. The lowest BCUT2D eigenvalue weighted by molar-refractivity contribution is -0.704. The lowest BCUT2D eigenvalue weighted by Crippen LogP contribution is -3.00. The predicted molar refractivity (Wildman–Crippen MR) is 61.9 cm³/mol. The zero-order valence-corrected chi connectivity index (χ0v) is 10.6. The minimum absolute atomic E-state index is 0. The SMILES string of the molecule is OC[C@@H]1CC[C@H](COCc2ccccc2)[NH2+]1.[Cl-]. The quantitative estimate of drug-likeness (QED) is 0.603. The Balaban J connectivity index is 0.00000144. The lowest BCUT2D eigenvalue weighted by Gasteiger charge is -2.10. The van der Waals surface area contributed by atoms with Gasteiger partial charge in [-0.1, -0.05) is 30.3 Å². The summed E-state index contributed by atoms with van der Waals surface area (Å²) in [7, 11) is 0. The minimum Gasteiger partial charge on any atom is -1.00 e. The molecule has 3 nitrogen and oxygen atoms in total. The summed E-state index contributed by atoms with van der Waals surface area (Å²) >= 11 is 0. The Morgan fingerprint density at radius 1 is 1.18 bits per heavy atom. The highest BCUT2D eigenvalue weighted by Crippen LogP contribution is 2.06. The minimum atomic E-state index is 0. The van der Waals surface area contributed by atoms with Crippen molar-refractivity contribution in [1.82, 2.24) is 0 Å². The molecule has 0 amide bonds. The van der Waals surface area contributed by atoms with E-state index in [1.54, 1.807) is 0 Å². The van der Waals surface area contributed by atoms with Gasteiger partial charge < -0.3 is 27.6 Å². The summed E-state index contributed by atoms with van der Waals surface area (Å²) in [6.45, 7) is 1.76. The lowest BCUT2D eigenvalue weighted by atomic mass is 10.2. The van der Waals surface area contributed by atoms with Gasteiger partial charge in [0.15, 0.2) is 0 Å². The molecule has 0 unspecified atom stereocenters. The molecule has 0 bridgehead atoms. The van der Waals surface area contributed by atoms with Gasteiger partial charge >= 0.3 is 0 Å². The Labute approximate surface area is 109 Å². The fourth-order valence-corrected chi connectivity index (χ4v) is 2.20. The van der Waals surface area contributed by atoms with E-state index >= 15 is 0 Å². The van der Waals surface area contributed by atoms with Crippen LogP contribution >= 0.6 is 0 Å². The van der Waals surface area contributed by atoms with E-state index in [2.05, 4.69) is 17.4 Å². The molecule has 1 aliphatic rings. The fraction of sp³-hybridized carbons (Fsp3) is 0.538. The Bertz CT molecular complexity index is 308. The van der Waals surface area contributed by atoms with E-state index in [-0.39, 0.29) is 19.0 Å². The second-order valence-corrected chi connectivity index (χ2v) is 4.47. The summed E-state index contributed by atoms with van der Waals surface area (Å²) in [5.41, 5.74) is 1.22. The van der Waals surface area contributed by atoms with Crippen LogP contribution < -0.4 is 17.7 Å². The van der Waals surface area contributed by atoms with Gasteiger partial charge in [0.1, 0.15) is 12.1 Å². The molecule has 1 aliphatic heterocycles. The van der Waals surface area contributed by atoms with Gasteiger partial charge in [-0.3, -0.25) is 0 Å². The van der Waals surface area contributed by atoms with Crippen LogP contribution in [0, 0.1) is 0 Å². The van der Waals surface area contributed by atoms with E-state index in [1.807, 2.05) is 18.2 Å². The van der Waals surface area contributed by atoms with Gasteiger partial charge in [0.05, 0.1) is 19.8 Å². The van der Waals surface area contributed by atoms with Crippen LogP contribution in [0.1, 0.15) is 18.4 Å². The maximum atomic E-state index is 9.02. The summed E-state index contributed by atoms with van der Waals surface area (Å²) in [5.74, 6) is 0. The van der Waals surface area contributed by atoms with Crippen molar-refractivity contribution in [2.24, 2.45) is 0 Å². The average Bonchev–Trinajstić information content (AvgIpc) is 2.78. The molecule has 0 radical (unpaired) electrons. The molecule has 3 N–H and O–H groups in total. The number of rotatable bonds is 5. The molecule has 0 aliphatic carbocycles. The van der Waals surface area contributed by atoms with Crippen molar-refractivity contribution in [1.29, 1.82) is 0 Å². The van der Waals surface area contributed by atoms with Crippen molar-refractivity contribution in [3.63, 3.8) is 0 Å². The molecule has 2 rings (SSSR count). The van der Waals surface area contributed by atoms with E-state index in [4.69, 9.17) is 9.84 Å². The van der Waals surface area contributed by atoms with Gasteiger partial charge in [-0.25, -0.2) is 0 Å². The van der Waals surface area contributed by atoms with Gasteiger partial charge in [-0.05, 0) is 5.56 Å². The molecule has 2 atom stereocenters. The molecule has 0 saturated carbocycles. The summed E-state index contributed by atoms with van der Waals surface area (Å²) in [5, 5.41) is 11.3. The zero-order chi connectivity index (χ0) is 11.2. The van der Waals surface area contributed by atoms with Crippen LogP contribution in [0.25, 0.3) is 0 Å². The first kappa shape index (κ1) is 14.5. The Morgan fingerprint density at radius 3 is 2.53 bits per heavy atom. The van der Waals surface area contributed by atoms with Gasteiger partial charge in [-0.15, -0.1) is 0 Å². The highest BCUT2D eigenvalue weighted by Gasteiger charge is 2.27. The summed E-state index contributed by atoms with van der Waals surface area (Å²) in [6, 6.07) is 11.2. The van der Waals surface area contributed by atoms with Crippen molar-refractivity contribution < 1.29 is 27.6 Å². The highest BCUT2D eigenvalue weighted by atomic mass is 35.5. The Hall–Kier alpha value is -0.610. The molecule has 0 aromatic heterocycles. The molecule has 1 aromatic carbocycles. The number of benzene rings is 1. The molecule has 1 aromatic rings. The zero-order valence-electron chi connectivity index (χ0n) is 9.89. The van der Waals surface area contributed by atoms with Crippen molar-refractivity contribution in [2.45, 2.75) is 31.5 Å². The number of nitrogens with two attached hydrogens (primary N) is 1. The maximum absolute atomic E-state index is 9.02. The summed E-state index contributed by atoms with van der Waals surface area (Å²) in [4.78, 5) is 0. The van der Waals surface area contributed by atoms with Gasteiger partial charge in [0.25, 0.3) is 0 Å². The van der Waals surface area contributed by atoms with E-state index in [0.717, 1.165) is 19.4 Å². The number of hydrogen-bond donors (Lipinski definition) is 2. The first-order valence-corrected chi connectivity index (χ1v) is 5.96. The van der Waals surface area contributed by atoms with Crippen molar-refractivity contribution >= 4 is 0 Å². The van der Waals surface area contributed by atoms with Crippen LogP contribution in [0.5, 0.6) is 0 Å². The Kier molecular flexibility index (Phi) is 6.52. The monoisotopic (exact) mass is 257 g/mol. The van der Waals surface area contributed by atoms with Crippen LogP contribution in [0.3, 0.4) is 0 Å². The van der Waals surface area contributed by atoms with Crippen LogP contribution in [0.2, 0.25) is 0 Å². The van der Waals surface area contributed by atoms with Crippen molar-refractivity contribution in [3.05, 3.63) is 35.9 Å². The normalized spacial score (nSPS) is 23.4. The third-order valence-electron chi connectivity index (χ3n) is 3.13. The van der Waals surface area contributed by atoms with Gasteiger partial charge in [0, 0.05) is 12.8 Å². The predicted octanol–water partition coefficient (Wildman–Crippen LogP) is -2.71. The topological polar surface area (TPSA) is 46.1 Å². The van der Waals surface area contributed by atoms with Crippen LogP contribution in [-0.4, -0.2) is 30.4 Å². The van der Waals surface area contributed by atoms with Crippen molar-refractivity contribution in [3.8, 4) is 0 Å². The molecule has 0 spiro atoms. The second-order valence-electron chi connectivity index (χ2n) is 4.47. The first-order chi connectivity index (χ1) is 7.88. The van der Waals surface area contributed by atoms with Crippen molar-refractivity contribution in [2.75, 3.05) is 13.2 Å².